The number of nitrogens with zero attached hydrogens (tertiary/aromatic N) is 7. The highest BCUT2D eigenvalue weighted by atomic mass is 15.3. The molecule has 0 aliphatic heterocycles. The van der Waals surface area contributed by atoms with Crippen LogP contribution in [-0.2, 0) is 0 Å². The van der Waals surface area contributed by atoms with Gasteiger partial charge >= 0.3 is 0 Å². The van der Waals surface area contributed by atoms with Crippen LogP contribution in [0.5, 0.6) is 0 Å². The summed E-state index contributed by atoms with van der Waals surface area (Å²) in [6, 6.07) is 5.51. The van der Waals surface area contributed by atoms with Gasteiger partial charge in [-0.3, -0.25) is 9.38 Å². The van der Waals surface area contributed by atoms with Crippen LogP contribution in [0.25, 0.3) is 22.6 Å². The van der Waals surface area contributed by atoms with Gasteiger partial charge in [0.05, 0.1) is 35.1 Å². The summed E-state index contributed by atoms with van der Waals surface area (Å²) in [5, 5.41) is 21.4. The molecular weight excluding hydrogens is 254 g/mol. The zero-order chi connectivity index (χ0) is 13.5. The van der Waals surface area contributed by atoms with E-state index in [4.69, 9.17) is 5.26 Å². The van der Waals surface area contributed by atoms with Gasteiger partial charge in [-0.1, -0.05) is 0 Å². The number of hydrogen-bond acceptors (Lipinski definition) is 5. The quantitative estimate of drug-likeness (QED) is 0.515. The molecule has 4 aromatic heterocycles. The van der Waals surface area contributed by atoms with E-state index >= 15 is 0 Å². The molecule has 4 aromatic rings. The van der Waals surface area contributed by atoms with Gasteiger partial charge in [-0.25, -0.2) is 4.52 Å². The number of pyridine rings is 1. The van der Waals surface area contributed by atoms with Crippen molar-refractivity contribution in [3.63, 3.8) is 0 Å². The highest BCUT2D eigenvalue weighted by Crippen LogP contribution is 2.22. The average molecular weight is 261 g/mol. The highest BCUT2D eigenvalue weighted by molar-refractivity contribution is 5.76. The SMILES string of the molecule is N#Cc1ccn2c(-c3cnn4ccncc34)nnc2c1. The van der Waals surface area contributed by atoms with Crippen LogP contribution in [0.15, 0.2) is 43.1 Å². The fourth-order valence-corrected chi connectivity index (χ4v) is 2.15. The Bertz CT molecular complexity index is 973. The second kappa shape index (κ2) is 3.86. The van der Waals surface area contributed by atoms with E-state index in [1.54, 1.807) is 47.6 Å². The van der Waals surface area contributed by atoms with Crippen LogP contribution in [0, 0.1) is 11.3 Å². The van der Waals surface area contributed by atoms with Crippen molar-refractivity contribution in [2.75, 3.05) is 0 Å². The third kappa shape index (κ3) is 1.39. The van der Waals surface area contributed by atoms with Crippen molar-refractivity contribution in [3.05, 3.63) is 48.7 Å². The highest BCUT2D eigenvalue weighted by Gasteiger charge is 2.13. The Morgan fingerprint density at radius 1 is 1.15 bits per heavy atom. The molecule has 0 saturated carbocycles. The molecule has 7 nitrogen and oxygen atoms in total. The molecule has 0 atom stereocenters. The lowest BCUT2D eigenvalue weighted by molar-refractivity contribution is 0.946. The van der Waals surface area contributed by atoms with Gasteiger partial charge in [0.2, 0.25) is 0 Å². The first-order chi connectivity index (χ1) is 9.86. The number of nitriles is 1. The average Bonchev–Trinajstić information content (AvgIpc) is 3.09. The van der Waals surface area contributed by atoms with Crippen LogP contribution in [0.1, 0.15) is 5.56 Å². The second-order valence-electron chi connectivity index (χ2n) is 4.24. The molecule has 94 valence electrons. The van der Waals surface area contributed by atoms with Crippen LogP contribution < -0.4 is 0 Å². The minimum absolute atomic E-state index is 0.554. The van der Waals surface area contributed by atoms with Gasteiger partial charge in [-0.05, 0) is 6.07 Å². The molecule has 4 rings (SSSR count). The van der Waals surface area contributed by atoms with E-state index in [1.165, 1.54) is 0 Å². The maximum Gasteiger partial charge on any atom is 0.172 e. The molecule has 0 unspecified atom stereocenters. The van der Waals surface area contributed by atoms with Crippen molar-refractivity contribution >= 4 is 11.2 Å². The predicted octanol–water partition coefficient (Wildman–Crippen LogP) is 1.31. The van der Waals surface area contributed by atoms with Crippen LogP contribution in [0.3, 0.4) is 0 Å². The van der Waals surface area contributed by atoms with E-state index < -0.39 is 0 Å². The first kappa shape index (κ1) is 10.6. The molecule has 0 spiro atoms. The minimum Gasteiger partial charge on any atom is -0.282 e. The Hall–Kier alpha value is -3.27. The summed E-state index contributed by atoms with van der Waals surface area (Å²) in [5.74, 6) is 0.674. The summed E-state index contributed by atoms with van der Waals surface area (Å²) < 4.78 is 3.55. The summed E-state index contributed by atoms with van der Waals surface area (Å²) >= 11 is 0. The number of rotatable bonds is 1. The molecule has 0 saturated heterocycles. The second-order valence-corrected chi connectivity index (χ2v) is 4.24. The smallest absolute Gasteiger partial charge is 0.172 e. The first-order valence-electron chi connectivity index (χ1n) is 5.89. The van der Waals surface area contributed by atoms with E-state index in [1.807, 2.05) is 4.40 Å². The Morgan fingerprint density at radius 2 is 2.10 bits per heavy atom. The van der Waals surface area contributed by atoms with E-state index in [9.17, 15) is 0 Å². The molecule has 7 heteroatoms. The van der Waals surface area contributed by atoms with Crippen molar-refractivity contribution in [2.45, 2.75) is 0 Å². The first-order valence-corrected chi connectivity index (χ1v) is 5.89. The van der Waals surface area contributed by atoms with Crippen LogP contribution in [0.2, 0.25) is 0 Å². The Kier molecular flexibility index (Phi) is 2.05. The summed E-state index contributed by atoms with van der Waals surface area (Å²) in [5.41, 5.74) is 2.88. The minimum atomic E-state index is 0.554. The third-order valence-electron chi connectivity index (χ3n) is 3.10. The van der Waals surface area contributed by atoms with Crippen molar-refractivity contribution in [3.8, 4) is 17.5 Å². The summed E-state index contributed by atoms with van der Waals surface area (Å²) in [6.45, 7) is 0. The molecule has 0 N–H and O–H groups in total. The van der Waals surface area contributed by atoms with Crippen molar-refractivity contribution in [1.82, 2.24) is 29.2 Å². The molecular formula is C13H7N7. The molecule has 4 heterocycles. The fraction of sp³-hybridized carbons (Fsp3) is 0. The zero-order valence-electron chi connectivity index (χ0n) is 10.2. The molecule has 0 aliphatic rings. The lowest BCUT2D eigenvalue weighted by atomic mass is 10.2. The molecule has 0 aliphatic carbocycles. The number of hydrogen-bond donors (Lipinski definition) is 0. The van der Waals surface area contributed by atoms with Crippen molar-refractivity contribution in [2.24, 2.45) is 0 Å². The Morgan fingerprint density at radius 3 is 3.00 bits per heavy atom. The maximum absolute atomic E-state index is 8.90. The zero-order valence-corrected chi connectivity index (χ0v) is 10.2. The molecule has 0 aromatic carbocycles. The normalized spacial score (nSPS) is 10.9. The monoisotopic (exact) mass is 261 g/mol. The number of aromatic nitrogens is 6. The van der Waals surface area contributed by atoms with Crippen LogP contribution in [0.4, 0.5) is 0 Å². The van der Waals surface area contributed by atoms with Gasteiger partial charge in [0.15, 0.2) is 11.5 Å². The number of fused-ring (bicyclic) bond motifs is 2. The van der Waals surface area contributed by atoms with Crippen LogP contribution in [-0.4, -0.2) is 29.2 Å². The topological polar surface area (TPSA) is 84.2 Å². The standard InChI is InChI=1S/C13H7N7/c14-6-9-1-3-19-12(5-9)17-18-13(19)10-7-16-20-4-2-15-8-11(10)20/h1-5,7-8H. The van der Waals surface area contributed by atoms with Gasteiger partial charge < -0.3 is 0 Å². The van der Waals surface area contributed by atoms with Gasteiger partial charge in [-0.15, -0.1) is 10.2 Å². The van der Waals surface area contributed by atoms with E-state index in [0.717, 1.165) is 11.1 Å². The van der Waals surface area contributed by atoms with E-state index in [0.29, 0.717) is 17.0 Å². The fourth-order valence-electron chi connectivity index (χ4n) is 2.15. The predicted molar refractivity (Wildman–Crippen MR) is 69.7 cm³/mol. The van der Waals surface area contributed by atoms with Gasteiger partial charge in [0, 0.05) is 24.7 Å². The van der Waals surface area contributed by atoms with Gasteiger partial charge in [0.1, 0.15) is 0 Å². The van der Waals surface area contributed by atoms with E-state index in [-0.39, 0.29) is 0 Å². The van der Waals surface area contributed by atoms with Crippen molar-refractivity contribution < 1.29 is 0 Å². The van der Waals surface area contributed by atoms with Gasteiger partial charge in [0.25, 0.3) is 0 Å². The molecule has 0 amide bonds. The Labute approximate surface area is 112 Å². The molecule has 0 radical (unpaired) electrons. The largest absolute Gasteiger partial charge is 0.282 e. The maximum atomic E-state index is 8.90. The molecule has 0 bridgehead atoms. The Balaban J connectivity index is 2.01. The van der Waals surface area contributed by atoms with E-state index in [2.05, 4.69) is 26.3 Å². The van der Waals surface area contributed by atoms with Crippen LogP contribution >= 0.6 is 0 Å². The summed E-state index contributed by atoms with van der Waals surface area (Å²) in [6.07, 6.45) is 8.68. The van der Waals surface area contributed by atoms with Crippen molar-refractivity contribution in [1.29, 1.82) is 5.26 Å². The lowest BCUT2D eigenvalue weighted by Crippen LogP contribution is -1.90. The van der Waals surface area contributed by atoms with Gasteiger partial charge in [-0.2, -0.15) is 10.4 Å². The molecule has 20 heavy (non-hydrogen) atoms. The lowest BCUT2D eigenvalue weighted by Gasteiger charge is -1.98. The third-order valence-corrected chi connectivity index (χ3v) is 3.10. The summed E-state index contributed by atoms with van der Waals surface area (Å²) in [4.78, 5) is 4.10. The molecule has 0 fully saturated rings. The summed E-state index contributed by atoms with van der Waals surface area (Å²) in [7, 11) is 0.